The predicted octanol–water partition coefficient (Wildman–Crippen LogP) is 2.43. The van der Waals surface area contributed by atoms with Crippen LogP contribution in [0, 0.1) is 0 Å². The number of nitrogens with zero attached hydrogens (tertiary/aromatic N) is 5. The van der Waals surface area contributed by atoms with E-state index in [-0.39, 0.29) is 5.56 Å². The van der Waals surface area contributed by atoms with Crippen molar-refractivity contribution < 1.29 is 46.1 Å². The Balaban J connectivity index is 0.000000383. The molecule has 0 saturated carbocycles. The SMILES string of the molecule is CN(C)Cc1cc(=O)n2c(n1)CN(Cc1nccs1)CCC2.O=C(O)C(F)(F)F.O=C(O)C(F)(F)F. The third-order valence-electron chi connectivity index (χ3n) is 4.17. The van der Waals surface area contributed by atoms with Crippen LogP contribution in [0.15, 0.2) is 22.4 Å². The van der Waals surface area contributed by atoms with E-state index < -0.39 is 24.3 Å². The smallest absolute Gasteiger partial charge is 0.475 e. The molecule has 0 saturated heterocycles. The first-order valence-corrected chi connectivity index (χ1v) is 10.8. The number of carboxylic acids is 2. The van der Waals surface area contributed by atoms with Crippen molar-refractivity contribution in [2.75, 3.05) is 20.6 Å². The number of carboxylic acid groups (broad SMARTS) is 2. The Bertz CT molecular complexity index is 1030. The van der Waals surface area contributed by atoms with Crippen molar-refractivity contribution in [3.63, 3.8) is 0 Å². The van der Waals surface area contributed by atoms with E-state index in [0.29, 0.717) is 13.1 Å². The van der Waals surface area contributed by atoms with Crippen molar-refractivity contribution in [3.05, 3.63) is 44.5 Å². The lowest BCUT2D eigenvalue weighted by Gasteiger charge is -2.18. The highest BCUT2D eigenvalue weighted by Gasteiger charge is 2.38. The molecule has 0 fully saturated rings. The van der Waals surface area contributed by atoms with Gasteiger partial charge < -0.3 is 15.1 Å². The number of fused-ring (bicyclic) bond motifs is 1. The van der Waals surface area contributed by atoms with Crippen molar-refractivity contribution >= 4 is 23.3 Å². The summed E-state index contributed by atoms with van der Waals surface area (Å²) in [5, 5.41) is 17.4. The van der Waals surface area contributed by atoms with Gasteiger partial charge in [0.1, 0.15) is 10.8 Å². The van der Waals surface area contributed by atoms with Crippen molar-refractivity contribution in [2.45, 2.75) is 45.0 Å². The number of hydrogen-bond donors (Lipinski definition) is 2. The van der Waals surface area contributed by atoms with E-state index in [1.807, 2.05) is 35.1 Å². The summed E-state index contributed by atoms with van der Waals surface area (Å²) >= 11 is 1.67. The van der Waals surface area contributed by atoms with Crippen LogP contribution in [0.25, 0.3) is 0 Å². The Morgan fingerprint density at radius 3 is 2.08 bits per heavy atom. The third-order valence-corrected chi connectivity index (χ3v) is 4.93. The van der Waals surface area contributed by atoms with E-state index in [2.05, 4.69) is 9.88 Å². The van der Waals surface area contributed by atoms with Gasteiger partial charge in [0.05, 0.1) is 18.8 Å². The van der Waals surface area contributed by atoms with Crippen LogP contribution in [0.2, 0.25) is 0 Å². The zero-order valence-electron chi connectivity index (χ0n) is 19.0. The number of aromatic nitrogens is 3. The summed E-state index contributed by atoms with van der Waals surface area (Å²) in [5.74, 6) is -4.64. The first-order valence-electron chi connectivity index (χ1n) is 9.96. The van der Waals surface area contributed by atoms with Gasteiger partial charge in [0.2, 0.25) is 0 Å². The first kappa shape index (κ1) is 31.0. The third kappa shape index (κ3) is 11.1. The summed E-state index contributed by atoms with van der Waals surface area (Å²) in [7, 11) is 3.97. The molecule has 3 rings (SSSR count). The van der Waals surface area contributed by atoms with Crippen LogP contribution in [-0.4, -0.2) is 79.5 Å². The number of halogens is 6. The molecule has 0 amide bonds. The van der Waals surface area contributed by atoms with Gasteiger partial charge in [-0.05, 0) is 20.5 Å². The zero-order valence-corrected chi connectivity index (χ0v) is 19.8. The molecule has 10 nitrogen and oxygen atoms in total. The molecule has 36 heavy (non-hydrogen) atoms. The minimum atomic E-state index is -5.08. The van der Waals surface area contributed by atoms with Crippen LogP contribution >= 0.6 is 11.3 Å². The molecule has 1 aliphatic heterocycles. The molecular formula is C19H23F6N5O5S. The van der Waals surface area contributed by atoms with Gasteiger partial charge >= 0.3 is 24.3 Å². The maximum atomic E-state index is 12.3. The van der Waals surface area contributed by atoms with Crippen LogP contribution in [-0.2, 0) is 35.8 Å². The fourth-order valence-corrected chi connectivity index (χ4v) is 3.42. The van der Waals surface area contributed by atoms with Crippen LogP contribution in [0.4, 0.5) is 26.3 Å². The second-order valence-corrected chi connectivity index (χ2v) is 8.47. The Kier molecular flexibility index (Phi) is 11.5. The normalized spacial score (nSPS) is 14.0. The molecule has 2 aromatic rings. The van der Waals surface area contributed by atoms with Crippen molar-refractivity contribution in [3.8, 4) is 0 Å². The molecule has 0 aromatic carbocycles. The second-order valence-electron chi connectivity index (χ2n) is 7.49. The van der Waals surface area contributed by atoms with E-state index >= 15 is 0 Å². The number of alkyl halides is 6. The summed E-state index contributed by atoms with van der Waals surface area (Å²) in [6.45, 7) is 3.93. The summed E-state index contributed by atoms with van der Waals surface area (Å²) in [6, 6.07) is 1.67. The molecule has 3 heterocycles. The fraction of sp³-hybridized carbons (Fsp3) is 0.526. The molecule has 17 heteroatoms. The molecule has 0 bridgehead atoms. The maximum Gasteiger partial charge on any atom is 0.490 e. The molecule has 0 aliphatic carbocycles. The van der Waals surface area contributed by atoms with Gasteiger partial charge in [-0.3, -0.25) is 14.3 Å². The van der Waals surface area contributed by atoms with Crippen LogP contribution in [0.3, 0.4) is 0 Å². The highest BCUT2D eigenvalue weighted by Crippen LogP contribution is 2.15. The maximum absolute atomic E-state index is 12.3. The first-order chi connectivity index (χ1) is 16.5. The van der Waals surface area contributed by atoms with E-state index in [0.717, 1.165) is 42.6 Å². The number of hydrogen-bond acceptors (Lipinski definition) is 8. The predicted molar refractivity (Wildman–Crippen MR) is 114 cm³/mol. The minimum Gasteiger partial charge on any atom is -0.475 e. The van der Waals surface area contributed by atoms with Crippen molar-refractivity contribution in [1.29, 1.82) is 0 Å². The summed E-state index contributed by atoms with van der Waals surface area (Å²) < 4.78 is 65.3. The molecule has 0 radical (unpaired) electrons. The molecule has 0 atom stereocenters. The van der Waals surface area contributed by atoms with Gasteiger partial charge in [-0.25, -0.2) is 19.6 Å². The molecule has 0 unspecified atom stereocenters. The Labute approximate surface area is 204 Å². The topological polar surface area (TPSA) is 129 Å². The quantitative estimate of drug-likeness (QED) is 0.555. The van der Waals surface area contributed by atoms with Gasteiger partial charge in [0, 0.05) is 37.3 Å². The molecule has 2 aromatic heterocycles. The lowest BCUT2D eigenvalue weighted by atomic mass is 10.3. The monoisotopic (exact) mass is 547 g/mol. The van der Waals surface area contributed by atoms with E-state index in [1.165, 1.54) is 0 Å². The number of carbonyl (C=O) groups is 2. The highest BCUT2D eigenvalue weighted by molar-refractivity contribution is 7.09. The van der Waals surface area contributed by atoms with Gasteiger partial charge in [-0.1, -0.05) is 0 Å². The lowest BCUT2D eigenvalue weighted by molar-refractivity contribution is -0.193. The van der Waals surface area contributed by atoms with E-state index in [4.69, 9.17) is 24.8 Å². The van der Waals surface area contributed by atoms with Crippen LogP contribution < -0.4 is 5.56 Å². The Morgan fingerprint density at radius 2 is 1.64 bits per heavy atom. The summed E-state index contributed by atoms with van der Waals surface area (Å²) in [5.41, 5.74) is 0.912. The van der Waals surface area contributed by atoms with Gasteiger partial charge in [-0.2, -0.15) is 26.3 Å². The largest absolute Gasteiger partial charge is 0.490 e. The van der Waals surface area contributed by atoms with Crippen LogP contribution in [0.5, 0.6) is 0 Å². The number of aliphatic carboxylic acids is 2. The lowest BCUT2D eigenvalue weighted by Crippen LogP contribution is -2.28. The van der Waals surface area contributed by atoms with Crippen LogP contribution in [0.1, 0.15) is 22.9 Å². The minimum absolute atomic E-state index is 0.0675. The molecule has 202 valence electrons. The Morgan fingerprint density at radius 1 is 1.08 bits per heavy atom. The van der Waals surface area contributed by atoms with Crippen molar-refractivity contribution in [1.82, 2.24) is 24.3 Å². The molecular weight excluding hydrogens is 524 g/mol. The molecule has 0 spiro atoms. The highest BCUT2D eigenvalue weighted by atomic mass is 32.1. The van der Waals surface area contributed by atoms with Gasteiger partial charge in [-0.15, -0.1) is 11.3 Å². The van der Waals surface area contributed by atoms with Gasteiger partial charge in [0.15, 0.2) is 0 Å². The average molecular weight is 547 g/mol. The molecule has 1 aliphatic rings. The fourth-order valence-electron chi connectivity index (χ4n) is 2.76. The average Bonchev–Trinajstić information content (AvgIpc) is 3.13. The van der Waals surface area contributed by atoms with E-state index in [9.17, 15) is 31.1 Å². The molecule has 2 N–H and O–H groups in total. The number of thiazole rings is 1. The number of rotatable bonds is 4. The zero-order chi connectivity index (χ0) is 27.7. The summed E-state index contributed by atoms with van der Waals surface area (Å²) in [6.07, 6.45) is -7.36. The second kappa shape index (κ2) is 13.3. The standard InChI is InChI=1S/C15H21N5OS.2C2HF3O2/c1-18(2)9-12-8-15(21)20-6-3-5-19(10-13(20)17-12)11-14-16-4-7-22-14;2*3-2(4,5)1(6)7/h4,7-8H,3,5-6,9-11H2,1-2H3;2*(H,6,7). The summed E-state index contributed by atoms with van der Waals surface area (Å²) in [4.78, 5) is 43.5. The van der Waals surface area contributed by atoms with Crippen molar-refractivity contribution in [2.24, 2.45) is 0 Å². The Hall–Kier alpha value is -3.05. The van der Waals surface area contributed by atoms with E-state index in [1.54, 1.807) is 17.4 Å². The van der Waals surface area contributed by atoms with Gasteiger partial charge in [0.25, 0.3) is 5.56 Å².